The van der Waals surface area contributed by atoms with Gasteiger partial charge in [0.1, 0.15) is 11.4 Å². The molecule has 25 heavy (non-hydrogen) atoms. The lowest BCUT2D eigenvalue weighted by Crippen LogP contribution is -2.76. The number of hydrogen-bond donors (Lipinski definition) is 2. The molecule has 2 amide bonds. The Morgan fingerprint density at radius 2 is 1.96 bits per heavy atom. The molecule has 2 fully saturated rings. The van der Waals surface area contributed by atoms with Gasteiger partial charge in [0.05, 0.1) is 11.2 Å². The molecule has 2 N–H and O–H groups in total. The van der Waals surface area contributed by atoms with Crippen LogP contribution in [0.2, 0.25) is 0 Å². The maximum atomic E-state index is 12.6. The van der Waals surface area contributed by atoms with Crippen molar-refractivity contribution in [2.75, 3.05) is 7.11 Å². The lowest BCUT2D eigenvalue weighted by molar-refractivity contribution is -0.211. The van der Waals surface area contributed by atoms with Gasteiger partial charge < -0.3 is 15.2 Å². The fourth-order valence-corrected chi connectivity index (χ4v) is 5.23. The molecule has 134 valence electrons. The van der Waals surface area contributed by atoms with Gasteiger partial charge >= 0.3 is 5.97 Å². The van der Waals surface area contributed by atoms with E-state index in [4.69, 9.17) is 4.74 Å². The van der Waals surface area contributed by atoms with Gasteiger partial charge in [-0.25, -0.2) is 4.79 Å². The van der Waals surface area contributed by atoms with Crippen molar-refractivity contribution >= 4 is 29.5 Å². The molecule has 0 spiro atoms. The summed E-state index contributed by atoms with van der Waals surface area (Å²) in [6.45, 7) is 3.45. The van der Waals surface area contributed by atoms with Gasteiger partial charge in [0.2, 0.25) is 5.91 Å². The fraction of sp³-hybridized carbons (Fsp3) is 0.471. The normalized spacial score (nSPS) is 29.7. The first-order chi connectivity index (χ1) is 11.7. The van der Waals surface area contributed by atoms with Crippen LogP contribution in [0.1, 0.15) is 19.4 Å². The van der Waals surface area contributed by atoms with Gasteiger partial charge in [-0.15, -0.1) is 11.8 Å². The number of nitrogens with one attached hydrogen (secondary N) is 1. The number of amides is 2. The summed E-state index contributed by atoms with van der Waals surface area (Å²) in [5.74, 6) is -1.92. The van der Waals surface area contributed by atoms with E-state index in [2.05, 4.69) is 5.32 Å². The first kappa shape index (κ1) is 17.8. The van der Waals surface area contributed by atoms with E-state index in [1.54, 1.807) is 13.8 Å². The standard InChI is InChI=1S/C17H20N2O5S/c1-16(2)17(24-3,15(22)23)19-13(21)12(14(19)25-16)18-11(20)9-10-7-5-4-6-8-10/h4-8,12,14H,9H2,1-3H3,(H,18,20)(H,22,23)/t12-,14-,17-/m1/s1. The molecule has 2 saturated heterocycles. The highest BCUT2D eigenvalue weighted by atomic mass is 32.2. The van der Waals surface area contributed by atoms with Crippen molar-refractivity contribution < 1.29 is 24.2 Å². The Balaban J connectivity index is 1.75. The van der Waals surface area contributed by atoms with E-state index in [0.717, 1.165) is 5.56 Å². The Bertz CT molecular complexity index is 723. The average Bonchev–Trinajstić information content (AvgIpc) is 2.78. The van der Waals surface area contributed by atoms with Crippen LogP contribution in [-0.4, -0.2) is 56.8 Å². The number of nitrogens with zero attached hydrogens (tertiary/aromatic N) is 1. The number of carbonyl (C=O) groups excluding carboxylic acids is 2. The van der Waals surface area contributed by atoms with Crippen LogP contribution in [0.15, 0.2) is 30.3 Å². The van der Waals surface area contributed by atoms with Crippen molar-refractivity contribution in [2.45, 2.75) is 42.2 Å². The number of carboxylic acid groups (broad SMARTS) is 1. The molecule has 0 saturated carbocycles. The zero-order chi connectivity index (χ0) is 18.4. The van der Waals surface area contributed by atoms with Gasteiger partial charge in [-0.1, -0.05) is 30.3 Å². The predicted octanol–water partition coefficient (Wildman–Crippen LogP) is 0.835. The van der Waals surface area contributed by atoms with Crippen LogP contribution >= 0.6 is 11.8 Å². The third kappa shape index (κ3) is 2.51. The minimum Gasteiger partial charge on any atom is -0.478 e. The summed E-state index contributed by atoms with van der Waals surface area (Å²) in [6, 6.07) is 8.48. The Labute approximate surface area is 149 Å². The fourth-order valence-electron chi connectivity index (χ4n) is 3.52. The number of methoxy groups -OCH3 is 1. The number of carbonyl (C=O) groups is 3. The summed E-state index contributed by atoms with van der Waals surface area (Å²) >= 11 is 1.32. The van der Waals surface area contributed by atoms with Crippen LogP contribution in [0.4, 0.5) is 0 Å². The molecular weight excluding hydrogens is 344 g/mol. The van der Waals surface area contributed by atoms with Crippen LogP contribution in [0.5, 0.6) is 0 Å². The molecule has 0 unspecified atom stereocenters. The van der Waals surface area contributed by atoms with Gasteiger partial charge in [-0.05, 0) is 19.4 Å². The SMILES string of the molecule is CO[C@@]1(C(=O)O)N2C(=O)[C@@H](NC(=O)Cc3ccccc3)[C@H]2SC1(C)C. The van der Waals surface area contributed by atoms with Crippen molar-refractivity contribution in [1.29, 1.82) is 0 Å². The Hall–Kier alpha value is -2.06. The summed E-state index contributed by atoms with van der Waals surface area (Å²) < 4.78 is 4.45. The minimum atomic E-state index is -1.74. The van der Waals surface area contributed by atoms with Crippen LogP contribution in [0.25, 0.3) is 0 Å². The van der Waals surface area contributed by atoms with Crippen LogP contribution in [-0.2, 0) is 25.5 Å². The topological polar surface area (TPSA) is 95.9 Å². The Morgan fingerprint density at radius 3 is 2.52 bits per heavy atom. The molecule has 3 rings (SSSR count). The predicted molar refractivity (Wildman–Crippen MR) is 91.8 cm³/mol. The number of aliphatic carboxylic acids is 1. The van der Waals surface area contributed by atoms with Crippen molar-refractivity contribution in [2.24, 2.45) is 0 Å². The quantitative estimate of drug-likeness (QED) is 0.752. The Kier molecular flexibility index (Phi) is 4.28. The highest BCUT2D eigenvalue weighted by molar-refractivity contribution is 8.01. The van der Waals surface area contributed by atoms with Gasteiger partial charge in [0.15, 0.2) is 0 Å². The van der Waals surface area contributed by atoms with Crippen LogP contribution < -0.4 is 5.32 Å². The maximum absolute atomic E-state index is 12.6. The molecule has 8 heteroatoms. The molecule has 2 aliphatic heterocycles. The monoisotopic (exact) mass is 364 g/mol. The zero-order valence-corrected chi connectivity index (χ0v) is 15.0. The molecule has 3 atom stereocenters. The number of benzene rings is 1. The minimum absolute atomic E-state index is 0.166. The van der Waals surface area contributed by atoms with E-state index in [0.29, 0.717) is 0 Å². The highest BCUT2D eigenvalue weighted by Crippen LogP contribution is 2.57. The van der Waals surface area contributed by atoms with Crippen molar-refractivity contribution in [3.63, 3.8) is 0 Å². The second-order valence-corrected chi connectivity index (χ2v) is 8.33. The number of rotatable bonds is 5. The number of thioether (sulfide) groups is 1. The lowest BCUT2D eigenvalue weighted by atomic mass is 9.91. The Morgan fingerprint density at radius 1 is 1.32 bits per heavy atom. The molecule has 0 bridgehead atoms. The summed E-state index contributed by atoms with van der Waals surface area (Å²) in [5.41, 5.74) is -0.889. The van der Waals surface area contributed by atoms with Crippen LogP contribution in [0, 0.1) is 0 Å². The number of β-lactam (4-membered cyclic amide) rings is 1. The van der Waals surface area contributed by atoms with E-state index in [9.17, 15) is 19.5 Å². The van der Waals surface area contributed by atoms with E-state index in [-0.39, 0.29) is 12.3 Å². The van der Waals surface area contributed by atoms with E-state index >= 15 is 0 Å². The molecule has 7 nitrogen and oxygen atoms in total. The molecule has 0 aromatic heterocycles. The zero-order valence-electron chi connectivity index (χ0n) is 14.2. The number of carboxylic acids is 1. The van der Waals surface area contributed by atoms with Crippen molar-refractivity contribution in [3.05, 3.63) is 35.9 Å². The number of ether oxygens (including phenoxy) is 1. The molecule has 2 heterocycles. The summed E-state index contributed by atoms with van der Waals surface area (Å²) in [4.78, 5) is 37.9. The van der Waals surface area contributed by atoms with Crippen LogP contribution in [0.3, 0.4) is 0 Å². The lowest BCUT2D eigenvalue weighted by Gasteiger charge is -2.48. The molecule has 1 aromatic rings. The second kappa shape index (κ2) is 6.03. The van der Waals surface area contributed by atoms with Gasteiger partial charge in [-0.3, -0.25) is 14.5 Å². The van der Waals surface area contributed by atoms with Crippen molar-refractivity contribution in [1.82, 2.24) is 10.2 Å². The molecular formula is C17H20N2O5S. The third-order valence-corrected chi connectivity index (χ3v) is 6.31. The van der Waals surface area contributed by atoms with Gasteiger partial charge in [-0.2, -0.15) is 0 Å². The second-order valence-electron chi connectivity index (χ2n) is 6.59. The van der Waals surface area contributed by atoms with E-state index < -0.39 is 33.8 Å². The summed E-state index contributed by atoms with van der Waals surface area (Å²) in [6.07, 6.45) is 0.166. The summed E-state index contributed by atoms with van der Waals surface area (Å²) in [7, 11) is 1.29. The maximum Gasteiger partial charge on any atom is 0.359 e. The highest BCUT2D eigenvalue weighted by Gasteiger charge is 2.74. The van der Waals surface area contributed by atoms with Gasteiger partial charge in [0, 0.05) is 7.11 Å². The van der Waals surface area contributed by atoms with E-state index in [1.807, 2.05) is 30.3 Å². The largest absolute Gasteiger partial charge is 0.478 e. The summed E-state index contributed by atoms with van der Waals surface area (Å²) in [5, 5.41) is 11.9. The first-order valence-electron chi connectivity index (χ1n) is 7.87. The smallest absolute Gasteiger partial charge is 0.359 e. The molecule has 0 aliphatic carbocycles. The number of fused-ring (bicyclic) bond motifs is 1. The third-order valence-electron chi connectivity index (χ3n) is 4.72. The molecule has 0 radical (unpaired) electrons. The molecule has 2 aliphatic rings. The number of hydrogen-bond acceptors (Lipinski definition) is 5. The molecule has 1 aromatic carbocycles. The average molecular weight is 364 g/mol. The van der Waals surface area contributed by atoms with E-state index in [1.165, 1.54) is 23.8 Å². The van der Waals surface area contributed by atoms with Crippen molar-refractivity contribution in [3.8, 4) is 0 Å². The van der Waals surface area contributed by atoms with Gasteiger partial charge in [0.25, 0.3) is 11.6 Å². The first-order valence-corrected chi connectivity index (χ1v) is 8.75.